The molecule has 0 unspecified atom stereocenters. The van der Waals surface area contributed by atoms with Crippen molar-refractivity contribution in [2.24, 2.45) is 0 Å². The summed E-state index contributed by atoms with van der Waals surface area (Å²) in [5.74, 6) is 0.298. The number of amides is 2. The van der Waals surface area contributed by atoms with E-state index in [1.807, 2.05) is 0 Å². The van der Waals surface area contributed by atoms with Gasteiger partial charge in [-0.2, -0.15) is 0 Å². The van der Waals surface area contributed by atoms with Crippen LogP contribution in [-0.2, 0) is 4.79 Å². The van der Waals surface area contributed by atoms with Gasteiger partial charge < -0.3 is 14.5 Å². The van der Waals surface area contributed by atoms with Crippen molar-refractivity contribution >= 4 is 12.3 Å². The van der Waals surface area contributed by atoms with Gasteiger partial charge in [-0.1, -0.05) is 6.07 Å². The van der Waals surface area contributed by atoms with Crippen LogP contribution in [0.1, 0.15) is 10.5 Å². The predicted octanol–water partition coefficient (Wildman–Crippen LogP) is 0.00440. The van der Waals surface area contributed by atoms with Gasteiger partial charge in [-0.05, 0) is 6.07 Å². The molecule has 2 amide bonds. The van der Waals surface area contributed by atoms with Crippen LogP contribution in [0.2, 0.25) is 0 Å². The van der Waals surface area contributed by atoms with Crippen molar-refractivity contribution in [3.05, 3.63) is 23.9 Å². The van der Waals surface area contributed by atoms with E-state index < -0.39 is 0 Å². The smallest absolute Gasteiger partial charge is 0.272 e. The van der Waals surface area contributed by atoms with E-state index in [1.54, 1.807) is 28.0 Å². The molecule has 1 fully saturated rings. The maximum Gasteiger partial charge on any atom is 0.272 e. The number of piperazine rings is 1. The standard InChI is InChI=1S/C12H15N3O3/c1-18-11-4-2-3-10(13-11)12(17)15-7-5-14(9-16)6-8-15/h2-4,9H,5-8H2,1H3. The fourth-order valence-electron chi connectivity index (χ4n) is 1.84. The summed E-state index contributed by atoms with van der Waals surface area (Å²) < 4.78 is 4.99. The highest BCUT2D eigenvalue weighted by atomic mass is 16.5. The fourth-order valence-corrected chi connectivity index (χ4v) is 1.84. The first kappa shape index (κ1) is 12.3. The summed E-state index contributed by atoms with van der Waals surface area (Å²) in [6, 6.07) is 5.10. The normalized spacial score (nSPS) is 15.4. The van der Waals surface area contributed by atoms with Crippen LogP contribution >= 0.6 is 0 Å². The summed E-state index contributed by atoms with van der Waals surface area (Å²) in [6.45, 7) is 2.21. The minimum Gasteiger partial charge on any atom is -0.481 e. The maximum absolute atomic E-state index is 12.2. The molecule has 6 heteroatoms. The lowest BCUT2D eigenvalue weighted by Gasteiger charge is -2.32. The van der Waals surface area contributed by atoms with Crippen LogP contribution in [0, 0.1) is 0 Å². The van der Waals surface area contributed by atoms with Gasteiger partial charge in [-0.15, -0.1) is 0 Å². The molecule has 18 heavy (non-hydrogen) atoms. The summed E-state index contributed by atoms with van der Waals surface area (Å²) >= 11 is 0. The van der Waals surface area contributed by atoms with Crippen LogP contribution in [0.15, 0.2) is 18.2 Å². The second-order valence-corrected chi connectivity index (χ2v) is 4.00. The molecule has 0 atom stereocenters. The van der Waals surface area contributed by atoms with E-state index in [4.69, 9.17) is 4.74 Å². The predicted molar refractivity (Wildman–Crippen MR) is 64.3 cm³/mol. The largest absolute Gasteiger partial charge is 0.481 e. The molecule has 1 saturated heterocycles. The molecule has 1 aromatic rings. The van der Waals surface area contributed by atoms with Crippen LogP contribution < -0.4 is 4.74 Å². The highest BCUT2D eigenvalue weighted by molar-refractivity contribution is 5.92. The van der Waals surface area contributed by atoms with E-state index in [-0.39, 0.29) is 5.91 Å². The first-order valence-electron chi connectivity index (χ1n) is 5.74. The second-order valence-electron chi connectivity index (χ2n) is 4.00. The van der Waals surface area contributed by atoms with E-state index in [0.29, 0.717) is 37.8 Å². The molecule has 1 aromatic heterocycles. The van der Waals surface area contributed by atoms with Crippen molar-refractivity contribution in [3.63, 3.8) is 0 Å². The van der Waals surface area contributed by atoms with E-state index in [9.17, 15) is 9.59 Å². The number of hydrogen-bond donors (Lipinski definition) is 0. The van der Waals surface area contributed by atoms with Gasteiger partial charge in [-0.3, -0.25) is 9.59 Å². The Morgan fingerprint density at radius 2 is 2.06 bits per heavy atom. The topological polar surface area (TPSA) is 62.7 Å². The van der Waals surface area contributed by atoms with Crippen LogP contribution in [0.5, 0.6) is 5.88 Å². The Hall–Kier alpha value is -2.11. The lowest BCUT2D eigenvalue weighted by molar-refractivity contribution is -0.119. The zero-order valence-electron chi connectivity index (χ0n) is 10.2. The summed E-state index contributed by atoms with van der Waals surface area (Å²) in [7, 11) is 1.51. The zero-order chi connectivity index (χ0) is 13.0. The number of carbonyl (C=O) groups excluding carboxylic acids is 2. The summed E-state index contributed by atoms with van der Waals surface area (Å²) in [4.78, 5) is 30.2. The van der Waals surface area contributed by atoms with Crippen LogP contribution in [-0.4, -0.2) is 60.4 Å². The molecule has 0 saturated carbocycles. The Bertz CT molecular complexity index is 442. The minimum atomic E-state index is -0.126. The molecule has 6 nitrogen and oxygen atoms in total. The van der Waals surface area contributed by atoms with Crippen molar-refractivity contribution in [2.75, 3.05) is 33.3 Å². The van der Waals surface area contributed by atoms with E-state index >= 15 is 0 Å². The second kappa shape index (κ2) is 5.48. The number of rotatable bonds is 3. The molecular formula is C12H15N3O3. The molecule has 0 spiro atoms. The summed E-state index contributed by atoms with van der Waals surface area (Å²) in [5, 5.41) is 0. The molecule has 1 aliphatic heterocycles. The molecule has 2 heterocycles. The van der Waals surface area contributed by atoms with E-state index in [1.165, 1.54) is 7.11 Å². The highest BCUT2D eigenvalue weighted by Gasteiger charge is 2.22. The molecule has 2 rings (SSSR count). The average molecular weight is 249 g/mol. The van der Waals surface area contributed by atoms with Crippen LogP contribution in [0.25, 0.3) is 0 Å². The van der Waals surface area contributed by atoms with Crippen LogP contribution in [0.3, 0.4) is 0 Å². The first-order valence-corrected chi connectivity index (χ1v) is 5.74. The van der Waals surface area contributed by atoms with Crippen molar-refractivity contribution < 1.29 is 14.3 Å². The first-order chi connectivity index (χ1) is 8.74. The molecule has 0 N–H and O–H groups in total. The Morgan fingerprint density at radius 1 is 1.33 bits per heavy atom. The van der Waals surface area contributed by atoms with Crippen molar-refractivity contribution in [1.29, 1.82) is 0 Å². The van der Waals surface area contributed by atoms with Gasteiger partial charge in [0.15, 0.2) is 0 Å². The Kier molecular flexibility index (Phi) is 3.76. The number of carbonyl (C=O) groups is 2. The molecule has 0 bridgehead atoms. The Morgan fingerprint density at radius 3 is 2.67 bits per heavy atom. The molecule has 0 radical (unpaired) electrons. The quantitative estimate of drug-likeness (QED) is 0.708. The monoisotopic (exact) mass is 249 g/mol. The molecule has 0 aromatic carbocycles. The number of pyridine rings is 1. The molecule has 1 aliphatic rings. The molecular weight excluding hydrogens is 234 g/mol. The number of aromatic nitrogens is 1. The average Bonchev–Trinajstić information content (AvgIpc) is 2.46. The lowest BCUT2D eigenvalue weighted by atomic mass is 10.2. The van der Waals surface area contributed by atoms with Crippen molar-refractivity contribution in [2.45, 2.75) is 0 Å². The highest BCUT2D eigenvalue weighted by Crippen LogP contribution is 2.10. The van der Waals surface area contributed by atoms with Gasteiger partial charge in [0, 0.05) is 32.2 Å². The van der Waals surface area contributed by atoms with Gasteiger partial charge in [0.25, 0.3) is 5.91 Å². The Labute approximate surface area is 105 Å². The third kappa shape index (κ3) is 2.58. The van der Waals surface area contributed by atoms with E-state index in [2.05, 4.69) is 4.98 Å². The Balaban J connectivity index is 2.05. The van der Waals surface area contributed by atoms with Crippen LogP contribution in [0.4, 0.5) is 0 Å². The summed E-state index contributed by atoms with van der Waals surface area (Å²) in [6.07, 6.45) is 0.811. The number of methoxy groups -OCH3 is 1. The van der Waals surface area contributed by atoms with Crippen molar-refractivity contribution in [3.8, 4) is 5.88 Å². The van der Waals surface area contributed by atoms with E-state index in [0.717, 1.165) is 6.41 Å². The van der Waals surface area contributed by atoms with Gasteiger partial charge in [0.05, 0.1) is 7.11 Å². The third-order valence-corrected chi connectivity index (χ3v) is 2.90. The number of hydrogen-bond acceptors (Lipinski definition) is 4. The fraction of sp³-hybridized carbons (Fsp3) is 0.417. The number of ether oxygens (including phenoxy) is 1. The number of nitrogens with zero attached hydrogens (tertiary/aromatic N) is 3. The van der Waals surface area contributed by atoms with Gasteiger partial charge >= 0.3 is 0 Å². The zero-order valence-corrected chi connectivity index (χ0v) is 10.2. The minimum absolute atomic E-state index is 0.126. The maximum atomic E-state index is 12.2. The van der Waals surface area contributed by atoms with Gasteiger partial charge in [0.2, 0.25) is 12.3 Å². The third-order valence-electron chi connectivity index (χ3n) is 2.90. The SMILES string of the molecule is COc1cccc(C(=O)N2CCN(C=O)CC2)n1. The van der Waals surface area contributed by atoms with Gasteiger partial charge in [-0.25, -0.2) is 4.98 Å². The molecule has 96 valence electrons. The lowest BCUT2D eigenvalue weighted by Crippen LogP contribution is -2.48. The van der Waals surface area contributed by atoms with Crippen molar-refractivity contribution in [1.82, 2.24) is 14.8 Å². The van der Waals surface area contributed by atoms with Gasteiger partial charge in [0.1, 0.15) is 5.69 Å². The summed E-state index contributed by atoms with van der Waals surface area (Å²) in [5.41, 5.74) is 0.369. The molecule has 0 aliphatic carbocycles.